The fourth-order valence-electron chi connectivity index (χ4n) is 5.60. The van der Waals surface area contributed by atoms with Crippen molar-refractivity contribution in [3.63, 3.8) is 0 Å². The van der Waals surface area contributed by atoms with Gasteiger partial charge in [0.2, 0.25) is 6.10 Å². The largest absolute Gasteiger partial charge is 0.462 e. The van der Waals surface area contributed by atoms with Crippen LogP contribution in [0.5, 0.6) is 0 Å². The summed E-state index contributed by atoms with van der Waals surface area (Å²) in [5.41, 5.74) is 3.20. The monoisotopic (exact) mass is 653 g/mol. The van der Waals surface area contributed by atoms with E-state index in [1.165, 1.54) is 69.3 Å². The Morgan fingerprint density at radius 2 is 1.40 bits per heavy atom. The van der Waals surface area contributed by atoms with Crippen molar-refractivity contribution in [2.24, 2.45) is 0 Å². The van der Waals surface area contributed by atoms with Crippen molar-refractivity contribution >= 4 is 35.3 Å². The van der Waals surface area contributed by atoms with Gasteiger partial charge >= 0.3 is 12.1 Å². The van der Waals surface area contributed by atoms with Crippen molar-refractivity contribution in [2.75, 3.05) is 11.5 Å². The van der Waals surface area contributed by atoms with Gasteiger partial charge in [0.25, 0.3) is 5.91 Å². The molecule has 1 fully saturated rings. The Morgan fingerprint density at radius 1 is 0.809 bits per heavy atom. The third kappa shape index (κ3) is 8.63. The highest BCUT2D eigenvalue weighted by molar-refractivity contribution is 6.35. The third-order valence-corrected chi connectivity index (χ3v) is 8.47. The lowest BCUT2D eigenvalue weighted by Gasteiger charge is -2.15. The fraction of sp³-hybridized carbons (Fsp3) is 0.342. The number of cyclic esters (lactones) is 1. The molecule has 3 aromatic carbocycles. The van der Waals surface area contributed by atoms with E-state index in [1.54, 1.807) is 0 Å². The Hall–Kier alpha value is -4.56. The van der Waals surface area contributed by atoms with Gasteiger partial charge in [0.1, 0.15) is 5.69 Å². The van der Waals surface area contributed by atoms with Crippen molar-refractivity contribution in [3.8, 4) is 22.5 Å². The maximum absolute atomic E-state index is 13.7. The SMILES string of the molecule is CCCCCCCCCCCCOC(=O)c1ccc(Cl)c(N2C(=O)OC(c3cnc(-c4ccccc4)c(-c4ccccc4)n3)C2=O)c1. The summed E-state index contributed by atoms with van der Waals surface area (Å²) in [6.07, 6.45) is 11.0. The van der Waals surface area contributed by atoms with Crippen LogP contribution in [0.3, 0.4) is 0 Å². The molecular weight excluding hydrogens is 614 g/mol. The predicted molar refractivity (Wildman–Crippen MR) is 183 cm³/mol. The number of carbonyl (C=O) groups excluding carboxylic acids is 3. The van der Waals surface area contributed by atoms with Crippen LogP contribution in [0, 0.1) is 0 Å². The molecule has 1 unspecified atom stereocenters. The van der Waals surface area contributed by atoms with Gasteiger partial charge in [0.15, 0.2) is 0 Å². The molecule has 5 rings (SSSR count). The molecule has 1 aromatic heterocycles. The number of hydrogen-bond donors (Lipinski definition) is 0. The van der Waals surface area contributed by atoms with Crippen LogP contribution in [0.15, 0.2) is 85.1 Å². The minimum atomic E-state index is -1.34. The van der Waals surface area contributed by atoms with E-state index in [-0.39, 0.29) is 22.0 Å². The smallest absolute Gasteiger partial charge is 0.422 e. The molecule has 1 aliphatic rings. The predicted octanol–water partition coefficient (Wildman–Crippen LogP) is 9.77. The molecule has 8 nitrogen and oxygen atoms in total. The second kappa shape index (κ2) is 16.8. The Kier molecular flexibility index (Phi) is 12.1. The minimum absolute atomic E-state index is 0.0368. The topological polar surface area (TPSA) is 98.7 Å². The number of aromatic nitrogens is 2. The number of unbranched alkanes of at least 4 members (excludes halogenated alkanes) is 9. The van der Waals surface area contributed by atoms with Crippen LogP contribution in [0.4, 0.5) is 10.5 Å². The molecule has 1 atom stereocenters. The number of hydrogen-bond acceptors (Lipinski definition) is 7. The van der Waals surface area contributed by atoms with Crippen LogP contribution in [-0.2, 0) is 14.3 Å². The molecular formula is C38H40ClN3O5. The number of anilines is 1. The molecule has 9 heteroatoms. The number of amides is 2. The maximum atomic E-state index is 13.7. The summed E-state index contributed by atoms with van der Waals surface area (Å²) in [7, 11) is 0. The fourth-order valence-corrected chi connectivity index (χ4v) is 5.80. The molecule has 0 spiro atoms. The van der Waals surface area contributed by atoms with Crippen molar-refractivity contribution in [3.05, 3.63) is 101 Å². The molecule has 2 heterocycles. The molecule has 1 saturated heterocycles. The van der Waals surface area contributed by atoms with Crippen molar-refractivity contribution in [1.82, 2.24) is 9.97 Å². The number of ether oxygens (including phenoxy) is 2. The lowest BCUT2D eigenvalue weighted by Crippen LogP contribution is -2.30. The zero-order valence-electron chi connectivity index (χ0n) is 26.7. The molecule has 244 valence electrons. The molecule has 0 aliphatic carbocycles. The Bertz CT molecular complexity index is 1660. The lowest BCUT2D eigenvalue weighted by atomic mass is 10.0. The molecule has 1 aliphatic heterocycles. The molecule has 0 saturated carbocycles. The molecule has 0 bridgehead atoms. The average molecular weight is 654 g/mol. The summed E-state index contributed by atoms with van der Waals surface area (Å²) in [6, 6.07) is 23.4. The second-order valence-corrected chi connectivity index (χ2v) is 12.1. The Morgan fingerprint density at radius 3 is 2.04 bits per heavy atom. The van der Waals surface area contributed by atoms with E-state index < -0.39 is 24.1 Å². The highest BCUT2D eigenvalue weighted by Gasteiger charge is 2.45. The van der Waals surface area contributed by atoms with E-state index in [0.717, 1.165) is 35.3 Å². The van der Waals surface area contributed by atoms with Crippen LogP contribution < -0.4 is 4.90 Å². The van der Waals surface area contributed by atoms with E-state index in [2.05, 4.69) is 11.9 Å². The first kappa shape index (κ1) is 33.8. The van der Waals surface area contributed by atoms with Crippen LogP contribution in [-0.4, -0.2) is 34.5 Å². The Balaban J connectivity index is 1.24. The van der Waals surface area contributed by atoms with E-state index in [9.17, 15) is 14.4 Å². The first-order chi connectivity index (χ1) is 23.0. The normalized spacial score (nSPS) is 14.3. The van der Waals surface area contributed by atoms with E-state index >= 15 is 0 Å². The van der Waals surface area contributed by atoms with Gasteiger partial charge in [-0.05, 0) is 24.6 Å². The molecule has 47 heavy (non-hydrogen) atoms. The minimum Gasteiger partial charge on any atom is -0.462 e. The van der Waals surface area contributed by atoms with Gasteiger partial charge < -0.3 is 9.47 Å². The highest BCUT2D eigenvalue weighted by Crippen LogP contribution is 2.37. The zero-order valence-corrected chi connectivity index (χ0v) is 27.5. The number of esters is 1. The molecule has 2 amide bonds. The lowest BCUT2D eigenvalue weighted by molar-refractivity contribution is -0.122. The number of rotatable bonds is 16. The number of benzene rings is 3. The summed E-state index contributed by atoms with van der Waals surface area (Å²) in [6.45, 7) is 2.52. The molecule has 0 radical (unpaired) electrons. The molecule has 0 N–H and O–H groups in total. The van der Waals surface area contributed by atoms with Crippen LogP contribution in [0.1, 0.15) is 93.3 Å². The second-order valence-electron chi connectivity index (χ2n) is 11.6. The standard InChI is InChI=1S/C38H40ClN3O5/c1-2-3-4-5-6-7-8-9-10-17-24-46-37(44)29-22-23-30(39)32(25-29)42-36(43)35(47-38(42)45)31-26-40-33(27-18-13-11-14-19-27)34(41-31)28-20-15-12-16-21-28/h11-16,18-23,25-26,35H,2-10,17,24H2,1H3. The summed E-state index contributed by atoms with van der Waals surface area (Å²) in [5, 5.41) is 0.109. The van der Waals surface area contributed by atoms with Gasteiger partial charge in [-0.1, -0.05) is 137 Å². The van der Waals surface area contributed by atoms with E-state index in [1.807, 2.05) is 60.7 Å². The average Bonchev–Trinajstić information content (AvgIpc) is 3.40. The number of nitrogens with zero attached hydrogens (tertiary/aromatic N) is 3. The van der Waals surface area contributed by atoms with Crippen LogP contribution in [0.2, 0.25) is 5.02 Å². The summed E-state index contributed by atoms with van der Waals surface area (Å²) >= 11 is 6.44. The van der Waals surface area contributed by atoms with Gasteiger partial charge in [-0.2, -0.15) is 0 Å². The number of imide groups is 1. The summed E-state index contributed by atoms with van der Waals surface area (Å²) in [4.78, 5) is 49.9. The van der Waals surface area contributed by atoms with Gasteiger partial charge in [0, 0.05) is 11.1 Å². The highest BCUT2D eigenvalue weighted by atomic mass is 35.5. The maximum Gasteiger partial charge on any atom is 0.422 e. The van der Waals surface area contributed by atoms with Gasteiger partial charge in [0.05, 0.1) is 40.5 Å². The third-order valence-electron chi connectivity index (χ3n) is 8.15. The van der Waals surface area contributed by atoms with Gasteiger partial charge in [-0.3, -0.25) is 9.78 Å². The van der Waals surface area contributed by atoms with Gasteiger partial charge in [-0.15, -0.1) is 0 Å². The molecule has 4 aromatic rings. The van der Waals surface area contributed by atoms with Crippen molar-refractivity contribution in [1.29, 1.82) is 0 Å². The number of halogens is 1. The quantitative estimate of drug-likeness (QED) is 0.0876. The van der Waals surface area contributed by atoms with Crippen LogP contribution >= 0.6 is 11.6 Å². The van der Waals surface area contributed by atoms with Crippen molar-refractivity contribution < 1.29 is 23.9 Å². The van der Waals surface area contributed by atoms with E-state index in [0.29, 0.717) is 18.0 Å². The first-order valence-corrected chi connectivity index (χ1v) is 16.8. The van der Waals surface area contributed by atoms with E-state index in [4.69, 9.17) is 26.1 Å². The number of carbonyl (C=O) groups is 3. The van der Waals surface area contributed by atoms with Crippen molar-refractivity contribution in [2.45, 2.75) is 77.2 Å². The Labute approximate surface area is 281 Å². The summed E-state index contributed by atoms with van der Waals surface area (Å²) < 4.78 is 11.0. The van der Waals surface area contributed by atoms with Crippen LogP contribution in [0.25, 0.3) is 22.5 Å². The first-order valence-electron chi connectivity index (χ1n) is 16.5. The zero-order chi connectivity index (χ0) is 33.0. The summed E-state index contributed by atoms with van der Waals surface area (Å²) in [5.74, 6) is -1.24. The van der Waals surface area contributed by atoms with Gasteiger partial charge in [-0.25, -0.2) is 19.5 Å².